The quantitative estimate of drug-likeness (QED) is 0.754. The normalized spacial score (nSPS) is 10.2. The summed E-state index contributed by atoms with van der Waals surface area (Å²) in [6, 6.07) is 9.04. The molecule has 0 radical (unpaired) electrons. The van der Waals surface area contributed by atoms with E-state index in [0.717, 1.165) is 5.56 Å². The van der Waals surface area contributed by atoms with Crippen LogP contribution in [0.5, 0.6) is 0 Å². The maximum Gasteiger partial charge on any atom is 0.277 e. The molecular formula is C14H13ClN4O2S. The molecule has 0 aliphatic carbocycles. The second-order valence-corrected chi connectivity index (χ2v) is 5.76. The van der Waals surface area contributed by atoms with Crippen LogP contribution < -0.4 is 0 Å². The fourth-order valence-corrected chi connectivity index (χ4v) is 2.38. The number of carbonyl (C=O) groups is 1. The van der Waals surface area contributed by atoms with Gasteiger partial charge in [-0.3, -0.25) is 4.79 Å². The van der Waals surface area contributed by atoms with Crippen LogP contribution in [0.1, 0.15) is 6.42 Å². The van der Waals surface area contributed by atoms with E-state index in [2.05, 4.69) is 10.2 Å². The standard InChI is InChI=1S/C14H13ClN4O2S/c1-19(8-2-7-16)12(20)9-22-14-18-17-13(21-14)10-3-5-11(15)6-4-10/h3-6H,2,8-9H2,1H3. The Bertz CT molecular complexity index is 681. The van der Waals surface area contributed by atoms with Gasteiger partial charge in [-0.15, -0.1) is 10.2 Å². The molecule has 0 atom stereocenters. The molecule has 0 aliphatic heterocycles. The van der Waals surface area contributed by atoms with Gasteiger partial charge in [-0.05, 0) is 24.3 Å². The molecule has 2 aromatic rings. The first kappa shape index (κ1) is 16.3. The van der Waals surface area contributed by atoms with E-state index in [1.54, 1.807) is 31.3 Å². The third-order valence-corrected chi connectivity index (χ3v) is 3.86. The first-order chi connectivity index (χ1) is 10.6. The lowest BCUT2D eigenvalue weighted by atomic mass is 10.2. The monoisotopic (exact) mass is 336 g/mol. The maximum atomic E-state index is 11.8. The van der Waals surface area contributed by atoms with Gasteiger partial charge >= 0.3 is 0 Å². The van der Waals surface area contributed by atoms with Gasteiger partial charge in [0.1, 0.15) is 0 Å². The van der Waals surface area contributed by atoms with Crippen LogP contribution in [-0.2, 0) is 4.79 Å². The highest BCUT2D eigenvalue weighted by Crippen LogP contribution is 2.24. The molecule has 114 valence electrons. The summed E-state index contributed by atoms with van der Waals surface area (Å²) in [4.78, 5) is 13.3. The zero-order valence-electron chi connectivity index (χ0n) is 11.8. The average molecular weight is 337 g/mol. The number of rotatable bonds is 6. The van der Waals surface area contributed by atoms with Crippen molar-refractivity contribution in [1.82, 2.24) is 15.1 Å². The number of nitrogens with zero attached hydrogens (tertiary/aromatic N) is 4. The van der Waals surface area contributed by atoms with Crippen molar-refractivity contribution < 1.29 is 9.21 Å². The number of amides is 1. The minimum atomic E-state index is -0.0912. The van der Waals surface area contributed by atoms with Gasteiger partial charge in [-0.25, -0.2) is 0 Å². The van der Waals surface area contributed by atoms with Crippen molar-refractivity contribution in [3.63, 3.8) is 0 Å². The molecule has 1 amide bonds. The van der Waals surface area contributed by atoms with Crippen LogP contribution in [0, 0.1) is 11.3 Å². The Morgan fingerprint density at radius 2 is 2.14 bits per heavy atom. The Hall–Kier alpha value is -2.04. The molecule has 0 fully saturated rings. The number of aromatic nitrogens is 2. The van der Waals surface area contributed by atoms with E-state index >= 15 is 0 Å². The molecule has 8 heteroatoms. The second kappa shape index (κ2) is 7.82. The largest absolute Gasteiger partial charge is 0.411 e. The van der Waals surface area contributed by atoms with Gasteiger partial charge in [0.15, 0.2) is 0 Å². The summed E-state index contributed by atoms with van der Waals surface area (Å²) in [5.74, 6) is 0.473. The number of benzene rings is 1. The highest BCUT2D eigenvalue weighted by atomic mass is 35.5. The van der Waals surface area contributed by atoms with E-state index in [4.69, 9.17) is 21.3 Å². The van der Waals surface area contributed by atoms with E-state index in [1.807, 2.05) is 6.07 Å². The summed E-state index contributed by atoms with van der Waals surface area (Å²) >= 11 is 6.99. The van der Waals surface area contributed by atoms with E-state index in [-0.39, 0.29) is 11.7 Å². The summed E-state index contributed by atoms with van der Waals surface area (Å²) in [6.45, 7) is 0.412. The molecule has 0 saturated carbocycles. The first-order valence-corrected chi connectivity index (χ1v) is 7.79. The Morgan fingerprint density at radius 1 is 1.41 bits per heavy atom. The van der Waals surface area contributed by atoms with Crippen molar-refractivity contribution in [2.45, 2.75) is 11.6 Å². The van der Waals surface area contributed by atoms with E-state index < -0.39 is 0 Å². The number of carbonyl (C=O) groups excluding carboxylic acids is 1. The molecule has 0 bridgehead atoms. The molecule has 2 rings (SSSR count). The number of nitriles is 1. The molecule has 0 spiro atoms. The van der Waals surface area contributed by atoms with Crippen LogP contribution in [0.25, 0.3) is 11.5 Å². The maximum absolute atomic E-state index is 11.8. The van der Waals surface area contributed by atoms with Gasteiger partial charge in [0.25, 0.3) is 5.22 Å². The summed E-state index contributed by atoms with van der Waals surface area (Å²) in [6.07, 6.45) is 0.314. The number of hydrogen-bond acceptors (Lipinski definition) is 6. The van der Waals surface area contributed by atoms with E-state index in [0.29, 0.717) is 29.1 Å². The summed E-state index contributed by atoms with van der Waals surface area (Å²) < 4.78 is 5.50. The van der Waals surface area contributed by atoms with Gasteiger partial charge in [0.2, 0.25) is 11.8 Å². The zero-order chi connectivity index (χ0) is 15.9. The highest BCUT2D eigenvalue weighted by Gasteiger charge is 2.13. The van der Waals surface area contributed by atoms with E-state index in [1.165, 1.54) is 16.7 Å². The third-order valence-electron chi connectivity index (χ3n) is 2.80. The van der Waals surface area contributed by atoms with Crippen LogP contribution in [0.3, 0.4) is 0 Å². The number of halogens is 1. The lowest BCUT2D eigenvalue weighted by Crippen LogP contribution is -2.29. The van der Waals surface area contributed by atoms with Crippen molar-refractivity contribution in [3.8, 4) is 17.5 Å². The van der Waals surface area contributed by atoms with Crippen LogP contribution >= 0.6 is 23.4 Å². The minimum absolute atomic E-state index is 0.0912. The Morgan fingerprint density at radius 3 is 2.82 bits per heavy atom. The SMILES string of the molecule is CN(CCC#N)C(=O)CSc1nnc(-c2ccc(Cl)cc2)o1. The van der Waals surface area contributed by atoms with Gasteiger partial charge in [-0.2, -0.15) is 5.26 Å². The third kappa shape index (κ3) is 4.48. The fraction of sp³-hybridized carbons (Fsp3) is 0.286. The van der Waals surface area contributed by atoms with Crippen LogP contribution in [0.4, 0.5) is 0 Å². The van der Waals surface area contributed by atoms with Crippen LogP contribution in [-0.4, -0.2) is 40.3 Å². The molecule has 1 heterocycles. The van der Waals surface area contributed by atoms with Crippen LogP contribution in [0.15, 0.2) is 33.9 Å². The Labute approximate surface area is 137 Å². The average Bonchev–Trinajstić information content (AvgIpc) is 2.99. The van der Waals surface area contributed by atoms with Crippen molar-refractivity contribution in [2.75, 3.05) is 19.3 Å². The first-order valence-electron chi connectivity index (χ1n) is 6.43. The van der Waals surface area contributed by atoms with Gasteiger partial charge < -0.3 is 9.32 Å². The molecule has 1 aromatic heterocycles. The molecule has 0 aliphatic rings. The summed E-state index contributed by atoms with van der Waals surface area (Å²) in [5.41, 5.74) is 0.765. The molecule has 6 nitrogen and oxygen atoms in total. The lowest BCUT2D eigenvalue weighted by molar-refractivity contribution is -0.127. The molecule has 0 saturated heterocycles. The van der Waals surface area contributed by atoms with E-state index in [9.17, 15) is 4.79 Å². The predicted octanol–water partition coefficient (Wildman–Crippen LogP) is 2.85. The topological polar surface area (TPSA) is 83.0 Å². The summed E-state index contributed by atoms with van der Waals surface area (Å²) in [5, 5.41) is 17.3. The Kier molecular flexibility index (Phi) is 5.81. The van der Waals surface area contributed by atoms with Crippen molar-refractivity contribution in [3.05, 3.63) is 29.3 Å². The molecule has 0 unspecified atom stereocenters. The van der Waals surface area contributed by atoms with Gasteiger partial charge in [0.05, 0.1) is 18.2 Å². The summed E-state index contributed by atoms with van der Waals surface area (Å²) in [7, 11) is 1.66. The van der Waals surface area contributed by atoms with Crippen molar-refractivity contribution in [2.24, 2.45) is 0 Å². The minimum Gasteiger partial charge on any atom is -0.411 e. The highest BCUT2D eigenvalue weighted by molar-refractivity contribution is 7.99. The lowest BCUT2D eigenvalue weighted by Gasteiger charge is -2.13. The smallest absolute Gasteiger partial charge is 0.277 e. The molecular weight excluding hydrogens is 324 g/mol. The zero-order valence-corrected chi connectivity index (χ0v) is 13.4. The van der Waals surface area contributed by atoms with Crippen LogP contribution in [0.2, 0.25) is 5.02 Å². The predicted molar refractivity (Wildman–Crippen MR) is 83.3 cm³/mol. The molecule has 22 heavy (non-hydrogen) atoms. The van der Waals surface area contributed by atoms with Gasteiger partial charge in [0, 0.05) is 24.2 Å². The fourth-order valence-electron chi connectivity index (χ4n) is 1.55. The number of hydrogen-bond donors (Lipinski definition) is 0. The molecule has 0 N–H and O–H groups in total. The Balaban J connectivity index is 1.91. The number of thioether (sulfide) groups is 1. The molecule has 1 aromatic carbocycles. The van der Waals surface area contributed by atoms with Crippen molar-refractivity contribution >= 4 is 29.3 Å². The van der Waals surface area contributed by atoms with Gasteiger partial charge in [-0.1, -0.05) is 23.4 Å². The van der Waals surface area contributed by atoms with Crippen molar-refractivity contribution in [1.29, 1.82) is 5.26 Å². The second-order valence-electron chi connectivity index (χ2n) is 4.39.